The SMILES string of the molecule is CC(Sc1nccn1C)C(=O)Nc1cccc(Cl)c1. The molecule has 0 saturated heterocycles. The van der Waals surface area contributed by atoms with E-state index in [2.05, 4.69) is 10.3 Å². The Morgan fingerprint density at radius 1 is 1.53 bits per heavy atom. The average molecular weight is 296 g/mol. The van der Waals surface area contributed by atoms with E-state index in [0.29, 0.717) is 10.7 Å². The van der Waals surface area contributed by atoms with E-state index in [1.807, 2.05) is 30.8 Å². The van der Waals surface area contributed by atoms with Crippen LogP contribution in [0.15, 0.2) is 41.8 Å². The Morgan fingerprint density at radius 2 is 2.32 bits per heavy atom. The van der Waals surface area contributed by atoms with Gasteiger partial charge in [0.15, 0.2) is 5.16 Å². The predicted molar refractivity (Wildman–Crippen MR) is 78.6 cm³/mol. The van der Waals surface area contributed by atoms with Crippen LogP contribution in [0.5, 0.6) is 0 Å². The number of amides is 1. The van der Waals surface area contributed by atoms with Gasteiger partial charge in [-0.15, -0.1) is 0 Å². The van der Waals surface area contributed by atoms with Gasteiger partial charge in [0.25, 0.3) is 0 Å². The maximum absolute atomic E-state index is 12.0. The van der Waals surface area contributed by atoms with Crippen LogP contribution in [0.2, 0.25) is 5.02 Å². The van der Waals surface area contributed by atoms with Crippen LogP contribution in [0, 0.1) is 0 Å². The summed E-state index contributed by atoms with van der Waals surface area (Å²) >= 11 is 7.29. The Balaban J connectivity index is 1.98. The fraction of sp³-hybridized carbons (Fsp3) is 0.231. The molecule has 2 rings (SSSR count). The highest BCUT2D eigenvalue weighted by Gasteiger charge is 2.16. The summed E-state index contributed by atoms with van der Waals surface area (Å²) in [6.07, 6.45) is 3.56. The van der Waals surface area contributed by atoms with Gasteiger partial charge in [0, 0.05) is 30.2 Å². The lowest BCUT2D eigenvalue weighted by atomic mass is 10.3. The van der Waals surface area contributed by atoms with E-state index in [1.54, 1.807) is 24.4 Å². The summed E-state index contributed by atoms with van der Waals surface area (Å²) in [7, 11) is 1.90. The van der Waals surface area contributed by atoms with E-state index >= 15 is 0 Å². The van der Waals surface area contributed by atoms with Crippen molar-refractivity contribution in [2.75, 3.05) is 5.32 Å². The van der Waals surface area contributed by atoms with Crippen LogP contribution in [0.4, 0.5) is 5.69 Å². The fourth-order valence-corrected chi connectivity index (χ4v) is 2.51. The number of rotatable bonds is 4. The monoisotopic (exact) mass is 295 g/mol. The van der Waals surface area contributed by atoms with Crippen LogP contribution >= 0.6 is 23.4 Å². The average Bonchev–Trinajstić information content (AvgIpc) is 2.75. The first-order valence-corrected chi connectivity index (χ1v) is 7.02. The highest BCUT2D eigenvalue weighted by atomic mass is 35.5. The van der Waals surface area contributed by atoms with Gasteiger partial charge in [-0.05, 0) is 25.1 Å². The highest BCUT2D eigenvalue weighted by Crippen LogP contribution is 2.22. The number of imidazole rings is 1. The molecule has 0 bridgehead atoms. The number of nitrogens with one attached hydrogen (secondary N) is 1. The molecule has 19 heavy (non-hydrogen) atoms. The van der Waals surface area contributed by atoms with Crippen molar-refractivity contribution in [1.82, 2.24) is 9.55 Å². The van der Waals surface area contributed by atoms with Crippen LogP contribution in [0.1, 0.15) is 6.92 Å². The van der Waals surface area contributed by atoms with E-state index in [4.69, 9.17) is 11.6 Å². The first-order valence-electron chi connectivity index (χ1n) is 5.76. The van der Waals surface area contributed by atoms with Gasteiger partial charge in [-0.3, -0.25) is 4.79 Å². The molecule has 100 valence electrons. The molecular weight excluding hydrogens is 282 g/mol. The van der Waals surface area contributed by atoms with Crippen molar-refractivity contribution < 1.29 is 4.79 Å². The van der Waals surface area contributed by atoms with Gasteiger partial charge in [-0.1, -0.05) is 29.4 Å². The summed E-state index contributed by atoms with van der Waals surface area (Å²) < 4.78 is 1.88. The van der Waals surface area contributed by atoms with Gasteiger partial charge in [-0.25, -0.2) is 4.98 Å². The molecule has 6 heteroatoms. The molecule has 1 heterocycles. The number of nitrogens with zero attached hydrogens (tertiary/aromatic N) is 2. The summed E-state index contributed by atoms with van der Waals surface area (Å²) in [6, 6.07) is 7.09. The number of carbonyl (C=O) groups excluding carboxylic acids is 1. The fourth-order valence-electron chi connectivity index (χ4n) is 1.49. The third-order valence-electron chi connectivity index (χ3n) is 2.52. The first kappa shape index (κ1) is 14.0. The number of anilines is 1. The highest BCUT2D eigenvalue weighted by molar-refractivity contribution is 8.00. The second-order valence-corrected chi connectivity index (χ2v) is 5.82. The maximum atomic E-state index is 12.0. The van der Waals surface area contributed by atoms with Crippen molar-refractivity contribution in [2.45, 2.75) is 17.3 Å². The van der Waals surface area contributed by atoms with Crippen molar-refractivity contribution in [3.05, 3.63) is 41.7 Å². The third-order valence-corrected chi connectivity index (χ3v) is 3.93. The normalized spacial score (nSPS) is 12.2. The first-order chi connectivity index (χ1) is 9.06. The minimum Gasteiger partial charge on any atom is -0.329 e. The van der Waals surface area contributed by atoms with Crippen LogP contribution < -0.4 is 5.32 Å². The van der Waals surface area contributed by atoms with Gasteiger partial charge >= 0.3 is 0 Å². The number of aromatic nitrogens is 2. The molecule has 0 spiro atoms. The lowest BCUT2D eigenvalue weighted by Crippen LogP contribution is -2.22. The standard InChI is InChI=1S/C13H14ClN3OS/c1-9(19-13-15-6-7-17(13)2)12(18)16-11-5-3-4-10(14)8-11/h3-9H,1-2H3,(H,16,18). The second-order valence-electron chi connectivity index (χ2n) is 4.08. The summed E-state index contributed by atoms with van der Waals surface area (Å²) in [5, 5.41) is 4.01. The van der Waals surface area contributed by atoms with Gasteiger partial charge in [-0.2, -0.15) is 0 Å². The number of halogens is 1. The molecular formula is C13H14ClN3OS. The molecule has 1 atom stereocenters. The van der Waals surface area contributed by atoms with Crippen molar-refractivity contribution in [2.24, 2.45) is 7.05 Å². The zero-order valence-electron chi connectivity index (χ0n) is 10.6. The Morgan fingerprint density at radius 3 is 2.95 bits per heavy atom. The Kier molecular flexibility index (Phi) is 4.50. The van der Waals surface area contributed by atoms with Gasteiger partial charge in [0.1, 0.15) is 0 Å². The second kappa shape index (κ2) is 6.12. The molecule has 2 aromatic rings. The number of carbonyl (C=O) groups is 1. The minimum atomic E-state index is -0.236. The maximum Gasteiger partial charge on any atom is 0.237 e. The van der Waals surface area contributed by atoms with E-state index in [-0.39, 0.29) is 11.2 Å². The summed E-state index contributed by atoms with van der Waals surface area (Å²) in [5.41, 5.74) is 0.699. The molecule has 1 amide bonds. The van der Waals surface area contributed by atoms with Gasteiger partial charge in [0.2, 0.25) is 5.91 Å². The largest absolute Gasteiger partial charge is 0.329 e. The van der Waals surface area contributed by atoms with Gasteiger partial charge in [0.05, 0.1) is 5.25 Å². The number of thioether (sulfide) groups is 1. The Hall–Kier alpha value is -1.46. The predicted octanol–water partition coefficient (Wildman–Crippen LogP) is 3.19. The summed E-state index contributed by atoms with van der Waals surface area (Å²) in [4.78, 5) is 16.2. The smallest absolute Gasteiger partial charge is 0.237 e. The van der Waals surface area contributed by atoms with Crippen LogP contribution in [0.25, 0.3) is 0 Å². The van der Waals surface area contributed by atoms with E-state index < -0.39 is 0 Å². The van der Waals surface area contributed by atoms with Crippen molar-refractivity contribution >= 4 is 35.0 Å². The van der Waals surface area contributed by atoms with E-state index in [1.165, 1.54) is 11.8 Å². The molecule has 0 aliphatic rings. The summed E-state index contributed by atoms with van der Waals surface area (Å²) in [5.74, 6) is -0.0738. The van der Waals surface area contributed by atoms with E-state index in [0.717, 1.165) is 5.16 Å². The van der Waals surface area contributed by atoms with Crippen LogP contribution in [-0.4, -0.2) is 20.7 Å². The quantitative estimate of drug-likeness (QED) is 0.881. The zero-order chi connectivity index (χ0) is 13.8. The zero-order valence-corrected chi connectivity index (χ0v) is 12.2. The number of aryl methyl sites for hydroxylation is 1. The molecule has 0 aliphatic heterocycles. The minimum absolute atomic E-state index is 0.0738. The number of hydrogen-bond donors (Lipinski definition) is 1. The van der Waals surface area contributed by atoms with Crippen molar-refractivity contribution in [3.63, 3.8) is 0 Å². The number of benzene rings is 1. The molecule has 0 radical (unpaired) electrons. The topological polar surface area (TPSA) is 46.9 Å². The molecule has 1 aromatic carbocycles. The van der Waals surface area contributed by atoms with Crippen LogP contribution in [-0.2, 0) is 11.8 Å². The third kappa shape index (κ3) is 3.75. The lowest BCUT2D eigenvalue weighted by Gasteiger charge is -2.11. The molecule has 1 N–H and O–H groups in total. The molecule has 1 aromatic heterocycles. The molecule has 0 fully saturated rings. The van der Waals surface area contributed by atoms with E-state index in [9.17, 15) is 4.79 Å². The summed E-state index contributed by atoms with van der Waals surface area (Å²) in [6.45, 7) is 1.85. The van der Waals surface area contributed by atoms with Gasteiger partial charge < -0.3 is 9.88 Å². The molecule has 0 saturated carbocycles. The van der Waals surface area contributed by atoms with Crippen molar-refractivity contribution in [3.8, 4) is 0 Å². The van der Waals surface area contributed by atoms with Crippen LogP contribution in [0.3, 0.4) is 0 Å². The number of hydrogen-bond acceptors (Lipinski definition) is 3. The molecule has 1 unspecified atom stereocenters. The Bertz CT molecular complexity index is 585. The molecule has 0 aliphatic carbocycles. The lowest BCUT2D eigenvalue weighted by molar-refractivity contribution is -0.115. The Labute approximate surface area is 121 Å². The molecule has 4 nitrogen and oxygen atoms in total. The van der Waals surface area contributed by atoms with Crippen molar-refractivity contribution in [1.29, 1.82) is 0 Å².